The lowest BCUT2D eigenvalue weighted by molar-refractivity contribution is -0.140. The van der Waals surface area contributed by atoms with E-state index in [-0.39, 0.29) is 18.3 Å². The number of nitrogens with two attached hydrogens (primary N) is 1. The van der Waals surface area contributed by atoms with Crippen LogP contribution >= 0.6 is 0 Å². The summed E-state index contributed by atoms with van der Waals surface area (Å²) in [4.78, 5) is 18.8. The minimum atomic E-state index is -0.275. The van der Waals surface area contributed by atoms with Gasteiger partial charge < -0.3 is 21.1 Å². The largest absolute Gasteiger partial charge is 0.469 e. The third-order valence-corrected chi connectivity index (χ3v) is 1.86. The van der Waals surface area contributed by atoms with Crippen molar-refractivity contribution in [2.75, 3.05) is 37.1 Å². The van der Waals surface area contributed by atoms with Crippen LogP contribution < -0.4 is 16.4 Å². The Bertz CT molecular complexity index is 369. The van der Waals surface area contributed by atoms with Crippen LogP contribution in [0.4, 0.5) is 17.6 Å². The monoisotopic (exact) mass is 225 g/mol. The molecule has 0 amide bonds. The highest BCUT2D eigenvalue weighted by Gasteiger charge is 2.02. The minimum Gasteiger partial charge on any atom is -0.469 e. The van der Waals surface area contributed by atoms with Crippen molar-refractivity contribution in [3.8, 4) is 0 Å². The molecule has 4 N–H and O–H groups in total. The molecule has 0 radical (unpaired) electrons. The molecule has 0 saturated carbocycles. The number of aromatic nitrogens is 2. The number of hydrogen-bond donors (Lipinski definition) is 3. The molecule has 1 heterocycles. The molecule has 16 heavy (non-hydrogen) atoms. The zero-order chi connectivity index (χ0) is 12.0. The molecule has 7 heteroatoms. The number of methoxy groups -OCH3 is 1. The Labute approximate surface area is 93.4 Å². The summed E-state index contributed by atoms with van der Waals surface area (Å²) < 4.78 is 4.51. The molecule has 1 aromatic rings. The van der Waals surface area contributed by atoms with E-state index in [2.05, 4.69) is 25.3 Å². The number of carbonyl (C=O) groups excluding carboxylic acids is 1. The Morgan fingerprint density at radius 2 is 2.19 bits per heavy atom. The first-order valence-electron chi connectivity index (χ1n) is 4.78. The molecule has 0 unspecified atom stereocenters. The van der Waals surface area contributed by atoms with Crippen molar-refractivity contribution in [3.63, 3.8) is 0 Å². The molecule has 0 aliphatic carbocycles. The van der Waals surface area contributed by atoms with Crippen LogP contribution in [-0.4, -0.2) is 36.6 Å². The van der Waals surface area contributed by atoms with Crippen LogP contribution in [0.25, 0.3) is 0 Å². The zero-order valence-electron chi connectivity index (χ0n) is 9.28. The second-order valence-electron chi connectivity index (χ2n) is 3.00. The third kappa shape index (κ3) is 3.60. The molecular weight excluding hydrogens is 210 g/mol. The highest BCUT2D eigenvalue weighted by Crippen LogP contribution is 2.11. The van der Waals surface area contributed by atoms with Crippen molar-refractivity contribution in [2.45, 2.75) is 6.42 Å². The number of hydrogen-bond acceptors (Lipinski definition) is 7. The van der Waals surface area contributed by atoms with Crippen molar-refractivity contribution in [2.24, 2.45) is 0 Å². The van der Waals surface area contributed by atoms with Crippen molar-refractivity contribution >= 4 is 23.6 Å². The van der Waals surface area contributed by atoms with Gasteiger partial charge in [-0.2, -0.15) is 9.97 Å². The van der Waals surface area contributed by atoms with E-state index in [0.717, 1.165) is 0 Å². The summed E-state index contributed by atoms with van der Waals surface area (Å²) in [6.45, 7) is 0.437. The smallest absolute Gasteiger partial charge is 0.307 e. The number of rotatable bonds is 5. The molecule has 0 aliphatic rings. The van der Waals surface area contributed by atoms with Crippen molar-refractivity contribution in [1.82, 2.24) is 9.97 Å². The molecule has 0 aromatic carbocycles. The van der Waals surface area contributed by atoms with Crippen molar-refractivity contribution in [1.29, 1.82) is 0 Å². The average molecular weight is 225 g/mol. The second-order valence-corrected chi connectivity index (χ2v) is 3.00. The van der Waals surface area contributed by atoms with E-state index in [1.165, 1.54) is 7.11 Å². The molecule has 0 fully saturated rings. The van der Waals surface area contributed by atoms with Gasteiger partial charge in [-0.25, -0.2) is 0 Å². The summed E-state index contributed by atoms with van der Waals surface area (Å²) >= 11 is 0. The summed E-state index contributed by atoms with van der Waals surface area (Å²) in [5, 5.41) is 5.81. The predicted octanol–water partition coefficient (Wildman–Crippen LogP) is 0.0755. The maximum Gasteiger partial charge on any atom is 0.307 e. The number of carbonyl (C=O) groups is 1. The molecule has 0 atom stereocenters. The van der Waals surface area contributed by atoms with Gasteiger partial charge in [-0.1, -0.05) is 0 Å². The topological polar surface area (TPSA) is 102 Å². The zero-order valence-corrected chi connectivity index (χ0v) is 9.28. The maximum atomic E-state index is 10.9. The van der Waals surface area contributed by atoms with E-state index >= 15 is 0 Å². The van der Waals surface area contributed by atoms with E-state index in [9.17, 15) is 4.79 Å². The predicted molar refractivity (Wildman–Crippen MR) is 61.1 cm³/mol. The van der Waals surface area contributed by atoms with Gasteiger partial charge in [0.15, 0.2) is 0 Å². The van der Waals surface area contributed by atoms with Gasteiger partial charge in [-0.3, -0.25) is 4.79 Å². The maximum absolute atomic E-state index is 10.9. The summed E-state index contributed by atoms with van der Waals surface area (Å²) in [7, 11) is 3.09. The fourth-order valence-corrected chi connectivity index (χ4v) is 1.08. The molecule has 7 nitrogen and oxygen atoms in total. The lowest BCUT2D eigenvalue weighted by Gasteiger charge is -2.07. The van der Waals surface area contributed by atoms with Gasteiger partial charge in [0.25, 0.3) is 0 Å². The molecule has 1 aromatic heterocycles. The molecule has 0 saturated heterocycles. The first-order valence-corrected chi connectivity index (χ1v) is 4.78. The van der Waals surface area contributed by atoms with Gasteiger partial charge in [0.1, 0.15) is 11.6 Å². The SMILES string of the molecule is CNc1cc(NCCC(=O)OC)nc(N)n1. The molecule has 0 aliphatic heterocycles. The Kier molecular flexibility index (Phi) is 4.31. The van der Waals surface area contributed by atoms with Gasteiger partial charge >= 0.3 is 5.97 Å². The molecule has 1 rings (SSSR count). The highest BCUT2D eigenvalue weighted by molar-refractivity contribution is 5.69. The number of anilines is 3. The van der Waals surface area contributed by atoms with E-state index in [1.807, 2.05) is 0 Å². The first kappa shape index (κ1) is 12.0. The molecule has 0 spiro atoms. The summed E-state index contributed by atoms with van der Waals surface area (Å²) in [6.07, 6.45) is 0.273. The second kappa shape index (κ2) is 5.74. The van der Waals surface area contributed by atoms with Gasteiger partial charge in [0.2, 0.25) is 5.95 Å². The van der Waals surface area contributed by atoms with Crippen LogP contribution in [0.5, 0.6) is 0 Å². The summed E-state index contributed by atoms with van der Waals surface area (Å²) in [5.74, 6) is 1.09. The van der Waals surface area contributed by atoms with E-state index in [1.54, 1.807) is 13.1 Å². The first-order chi connectivity index (χ1) is 7.65. The number of nitrogens with one attached hydrogen (secondary N) is 2. The quantitative estimate of drug-likeness (QED) is 0.609. The summed E-state index contributed by atoms with van der Waals surface area (Å²) in [5.41, 5.74) is 5.50. The third-order valence-electron chi connectivity index (χ3n) is 1.86. The highest BCUT2D eigenvalue weighted by atomic mass is 16.5. The normalized spacial score (nSPS) is 9.62. The molecule has 88 valence electrons. The number of ether oxygens (including phenoxy) is 1. The van der Waals surface area contributed by atoms with E-state index in [0.29, 0.717) is 18.2 Å². The summed E-state index contributed by atoms with van der Waals surface area (Å²) in [6, 6.07) is 1.70. The van der Waals surface area contributed by atoms with E-state index < -0.39 is 0 Å². The molecule has 0 bridgehead atoms. The number of nitrogens with zero attached hydrogens (tertiary/aromatic N) is 2. The van der Waals surface area contributed by atoms with Crippen molar-refractivity contribution < 1.29 is 9.53 Å². The Hall–Kier alpha value is -2.05. The van der Waals surface area contributed by atoms with Gasteiger partial charge in [0.05, 0.1) is 13.5 Å². The Morgan fingerprint density at radius 3 is 2.81 bits per heavy atom. The van der Waals surface area contributed by atoms with Gasteiger partial charge in [0, 0.05) is 19.7 Å². The van der Waals surface area contributed by atoms with Crippen LogP contribution in [0.1, 0.15) is 6.42 Å². The van der Waals surface area contributed by atoms with Gasteiger partial charge in [-0.15, -0.1) is 0 Å². The van der Waals surface area contributed by atoms with E-state index in [4.69, 9.17) is 5.73 Å². The minimum absolute atomic E-state index is 0.174. The average Bonchev–Trinajstić information content (AvgIpc) is 2.28. The molecular formula is C9H15N5O2. The van der Waals surface area contributed by atoms with Gasteiger partial charge in [-0.05, 0) is 0 Å². The standard InChI is InChI=1S/C9H15N5O2/c1-11-6-5-7(14-9(10)13-6)12-4-3-8(15)16-2/h5H,3-4H2,1-2H3,(H4,10,11,12,13,14). The Balaban J connectivity index is 2.53. The van der Waals surface area contributed by atoms with Crippen LogP contribution in [0.3, 0.4) is 0 Å². The fraction of sp³-hybridized carbons (Fsp3) is 0.444. The lowest BCUT2D eigenvalue weighted by Crippen LogP contribution is -2.11. The number of nitrogen functional groups attached to an aromatic ring is 1. The van der Waals surface area contributed by atoms with Crippen molar-refractivity contribution in [3.05, 3.63) is 6.07 Å². The Morgan fingerprint density at radius 1 is 1.50 bits per heavy atom. The van der Waals surface area contributed by atoms with Crippen LogP contribution in [-0.2, 0) is 9.53 Å². The van der Waals surface area contributed by atoms with Crippen LogP contribution in [0.2, 0.25) is 0 Å². The lowest BCUT2D eigenvalue weighted by atomic mass is 10.4. The van der Waals surface area contributed by atoms with Crippen LogP contribution in [0, 0.1) is 0 Å². The number of esters is 1. The van der Waals surface area contributed by atoms with Crippen LogP contribution in [0.15, 0.2) is 6.07 Å². The fourth-order valence-electron chi connectivity index (χ4n) is 1.08.